The lowest BCUT2D eigenvalue weighted by Gasteiger charge is -2.18. The van der Waals surface area contributed by atoms with Gasteiger partial charge in [0, 0.05) is 38.9 Å². The van der Waals surface area contributed by atoms with E-state index in [9.17, 15) is 0 Å². The first-order valence-corrected chi connectivity index (χ1v) is 9.35. The van der Waals surface area contributed by atoms with Crippen LogP contribution in [-0.4, -0.2) is 39.8 Å². The van der Waals surface area contributed by atoms with Gasteiger partial charge in [-0.25, -0.2) is 0 Å². The predicted molar refractivity (Wildman–Crippen MR) is 128 cm³/mol. The van der Waals surface area contributed by atoms with E-state index in [-0.39, 0.29) is 24.0 Å². The lowest BCUT2D eigenvalue weighted by molar-refractivity contribution is 0.409. The molecule has 28 heavy (non-hydrogen) atoms. The van der Waals surface area contributed by atoms with E-state index >= 15 is 0 Å². The number of nitrogens with zero attached hydrogens (tertiary/aromatic N) is 2. The number of methoxy groups -OCH3 is 1. The van der Waals surface area contributed by atoms with Crippen molar-refractivity contribution in [1.29, 1.82) is 0 Å². The van der Waals surface area contributed by atoms with Crippen LogP contribution >= 0.6 is 24.0 Å². The minimum absolute atomic E-state index is 0. The summed E-state index contributed by atoms with van der Waals surface area (Å²) >= 11 is 0. The molecule has 5 nitrogen and oxygen atoms in total. The number of para-hydroxylation sites is 1. The average Bonchev–Trinajstić information content (AvgIpc) is 3.26. The van der Waals surface area contributed by atoms with Crippen molar-refractivity contribution in [3.8, 4) is 5.75 Å². The van der Waals surface area contributed by atoms with Gasteiger partial charge in [0.2, 0.25) is 0 Å². The first-order valence-electron chi connectivity index (χ1n) is 9.35. The Kier molecular flexibility index (Phi) is 9.13. The van der Waals surface area contributed by atoms with Crippen molar-refractivity contribution in [2.45, 2.75) is 13.0 Å². The summed E-state index contributed by atoms with van der Waals surface area (Å²) in [6, 6.07) is 16.8. The number of hydrogen-bond acceptors (Lipinski definition) is 3. The normalized spacial score (nSPS) is 13.2. The van der Waals surface area contributed by atoms with Crippen LogP contribution in [0.2, 0.25) is 0 Å². The first kappa shape index (κ1) is 22.1. The van der Waals surface area contributed by atoms with E-state index < -0.39 is 0 Å². The molecule has 0 bridgehead atoms. The van der Waals surface area contributed by atoms with Crippen molar-refractivity contribution in [3.63, 3.8) is 0 Å². The van der Waals surface area contributed by atoms with Gasteiger partial charge in [-0.3, -0.25) is 4.99 Å². The van der Waals surface area contributed by atoms with Crippen molar-refractivity contribution in [1.82, 2.24) is 10.6 Å². The van der Waals surface area contributed by atoms with E-state index in [0.717, 1.165) is 44.3 Å². The smallest absolute Gasteiger partial charge is 0.191 e. The number of ether oxygens (including phenoxy) is 1. The van der Waals surface area contributed by atoms with Gasteiger partial charge in [0.1, 0.15) is 5.75 Å². The minimum Gasteiger partial charge on any atom is -0.496 e. The van der Waals surface area contributed by atoms with Gasteiger partial charge in [0.05, 0.1) is 7.11 Å². The summed E-state index contributed by atoms with van der Waals surface area (Å²) in [4.78, 5) is 6.65. The fraction of sp³-hybridized carbons (Fsp3) is 0.318. The van der Waals surface area contributed by atoms with Crippen LogP contribution in [0, 0.1) is 0 Å². The molecular weight excluding hydrogens is 463 g/mol. The van der Waals surface area contributed by atoms with Crippen LogP contribution in [0.5, 0.6) is 5.75 Å². The number of rotatable bonds is 7. The monoisotopic (exact) mass is 492 g/mol. The maximum absolute atomic E-state index is 5.40. The number of benzene rings is 2. The topological polar surface area (TPSA) is 48.9 Å². The number of nitrogens with one attached hydrogen (secondary N) is 2. The van der Waals surface area contributed by atoms with Crippen LogP contribution in [0.3, 0.4) is 0 Å². The highest BCUT2D eigenvalue weighted by atomic mass is 127. The zero-order valence-corrected chi connectivity index (χ0v) is 18.9. The Morgan fingerprint density at radius 1 is 1.04 bits per heavy atom. The van der Waals surface area contributed by atoms with E-state index in [4.69, 9.17) is 4.74 Å². The number of aliphatic imine (C=N–C) groups is 1. The maximum Gasteiger partial charge on any atom is 0.191 e. The third-order valence-corrected chi connectivity index (χ3v) is 4.68. The summed E-state index contributed by atoms with van der Waals surface area (Å²) in [5.41, 5.74) is 3.69. The summed E-state index contributed by atoms with van der Waals surface area (Å²) in [7, 11) is 3.50. The Morgan fingerprint density at radius 2 is 1.75 bits per heavy atom. The fourth-order valence-corrected chi connectivity index (χ4v) is 3.14. The van der Waals surface area contributed by atoms with Crippen LogP contribution in [0.4, 0.5) is 5.69 Å². The van der Waals surface area contributed by atoms with Crippen molar-refractivity contribution in [2.24, 2.45) is 4.99 Å². The standard InChI is InChI=1S/C22H28N4O.HI/c1-23-22(24-14-13-19-7-3-4-8-21(19)27-2)25-17-18-9-11-20(12-10-18)26-15-5-6-16-26;/h3-12H,13-17H2,1-2H3,(H2,23,24,25);1H. The highest BCUT2D eigenvalue weighted by Crippen LogP contribution is 2.18. The van der Waals surface area contributed by atoms with E-state index in [1.165, 1.54) is 16.8 Å². The summed E-state index contributed by atoms with van der Waals surface area (Å²) in [6.45, 7) is 3.54. The van der Waals surface area contributed by atoms with Crippen LogP contribution in [-0.2, 0) is 13.0 Å². The molecule has 0 amide bonds. The van der Waals surface area contributed by atoms with Crippen LogP contribution in [0.1, 0.15) is 11.1 Å². The van der Waals surface area contributed by atoms with Crippen LogP contribution in [0.15, 0.2) is 65.7 Å². The zero-order valence-electron chi connectivity index (χ0n) is 16.5. The van der Waals surface area contributed by atoms with E-state index in [2.05, 4.69) is 63.0 Å². The quantitative estimate of drug-likeness (QED) is 0.269. The summed E-state index contributed by atoms with van der Waals surface area (Å²) in [6.07, 6.45) is 5.29. The fourth-order valence-electron chi connectivity index (χ4n) is 3.14. The second-order valence-corrected chi connectivity index (χ2v) is 6.46. The summed E-state index contributed by atoms with van der Waals surface area (Å²) in [5, 5.41) is 6.73. The van der Waals surface area contributed by atoms with E-state index in [1.807, 2.05) is 18.2 Å². The first-order chi connectivity index (χ1) is 13.3. The molecule has 2 aromatic carbocycles. The van der Waals surface area contributed by atoms with Crippen molar-refractivity contribution in [3.05, 3.63) is 71.8 Å². The van der Waals surface area contributed by atoms with Gasteiger partial charge in [-0.15, -0.1) is 24.0 Å². The molecule has 0 saturated heterocycles. The molecule has 1 aliphatic heterocycles. The Morgan fingerprint density at radius 3 is 2.43 bits per heavy atom. The number of guanidine groups is 1. The van der Waals surface area contributed by atoms with Crippen LogP contribution < -0.4 is 20.3 Å². The van der Waals surface area contributed by atoms with Crippen molar-refractivity contribution >= 4 is 35.6 Å². The molecule has 0 aromatic heterocycles. The third-order valence-electron chi connectivity index (χ3n) is 4.68. The minimum atomic E-state index is 0. The Balaban J connectivity index is 0.00000280. The molecule has 0 spiro atoms. The van der Waals surface area contributed by atoms with Crippen molar-refractivity contribution in [2.75, 3.05) is 38.7 Å². The lowest BCUT2D eigenvalue weighted by atomic mass is 10.1. The molecular formula is C22H29IN4O. The van der Waals surface area contributed by atoms with Gasteiger partial charge in [0.15, 0.2) is 5.96 Å². The molecule has 150 valence electrons. The number of anilines is 1. The van der Waals surface area contributed by atoms with Gasteiger partial charge in [-0.2, -0.15) is 0 Å². The molecule has 1 aliphatic rings. The molecule has 1 heterocycles. The molecule has 0 saturated carbocycles. The molecule has 6 heteroatoms. The molecule has 0 atom stereocenters. The molecule has 0 fully saturated rings. The molecule has 2 N–H and O–H groups in total. The molecule has 3 rings (SSSR count). The molecule has 0 aliphatic carbocycles. The van der Waals surface area contributed by atoms with Crippen molar-refractivity contribution < 1.29 is 4.74 Å². The molecule has 2 aromatic rings. The number of halogens is 1. The van der Waals surface area contributed by atoms with E-state index in [0.29, 0.717) is 0 Å². The van der Waals surface area contributed by atoms with Gasteiger partial charge >= 0.3 is 0 Å². The highest BCUT2D eigenvalue weighted by molar-refractivity contribution is 14.0. The summed E-state index contributed by atoms with van der Waals surface area (Å²) in [5.74, 6) is 1.73. The maximum atomic E-state index is 5.40. The second-order valence-electron chi connectivity index (χ2n) is 6.46. The largest absolute Gasteiger partial charge is 0.496 e. The average molecular weight is 492 g/mol. The predicted octanol–water partition coefficient (Wildman–Crippen LogP) is 3.60. The third kappa shape index (κ3) is 6.15. The highest BCUT2D eigenvalue weighted by Gasteiger charge is 2.07. The molecule has 0 radical (unpaired) electrons. The summed E-state index contributed by atoms with van der Waals surface area (Å²) < 4.78 is 5.40. The Labute approximate surface area is 184 Å². The lowest BCUT2D eigenvalue weighted by Crippen LogP contribution is -2.37. The zero-order chi connectivity index (χ0) is 18.9. The van der Waals surface area contributed by atoms with E-state index in [1.54, 1.807) is 14.2 Å². The molecule has 0 unspecified atom stereocenters. The van der Waals surface area contributed by atoms with Crippen LogP contribution in [0.25, 0.3) is 0 Å². The van der Waals surface area contributed by atoms with Gasteiger partial charge in [-0.1, -0.05) is 42.5 Å². The Hall–Kier alpha value is -2.22. The van der Waals surface area contributed by atoms with Gasteiger partial charge in [0.25, 0.3) is 0 Å². The second kappa shape index (κ2) is 11.6. The Bertz CT molecular complexity index is 781. The SMILES string of the molecule is CN=C(NCCc1ccccc1OC)NCc1ccc(N2CC=CC2)cc1.I. The van der Waals surface area contributed by atoms with Gasteiger partial charge < -0.3 is 20.3 Å². The van der Waals surface area contributed by atoms with Gasteiger partial charge in [-0.05, 0) is 35.7 Å². The number of hydrogen-bond donors (Lipinski definition) is 2.